The summed E-state index contributed by atoms with van der Waals surface area (Å²) < 4.78 is 0. The van der Waals surface area contributed by atoms with E-state index in [4.69, 9.17) is 0 Å². The molecule has 6 N–H and O–H groups in total. The van der Waals surface area contributed by atoms with Crippen LogP contribution in [0.5, 0.6) is 0 Å². The average Bonchev–Trinajstić information content (AvgIpc) is 2.98. The second-order valence-corrected chi connectivity index (χ2v) is 13.1. The predicted octanol–water partition coefficient (Wildman–Crippen LogP) is 2.63. The van der Waals surface area contributed by atoms with Crippen LogP contribution in [0, 0.1) is 46.3 Å². The highest BCUT2D eigenvalue weighted by Gasteiger charge is 2.72. The minimum absolute atomic E-state index is 0.0391. The van der Waals surface area contributed by atoms with Gasteiger partial charge in [0.25, 0.3) is 0 Å². The molecule has 0 radical (unpaired) electrons. The average molecular weight is 481 g/mol. The molecule has 0 heterocycles. The number of hydrogen-bond acceptors (Lipinski definition) is 6. The summed E-state index contributed by atoms with van der Waals surface area (Å²) in [6, 6.07) is 0. The van der Waals surface area contributed by atoms with E-state index in [1.807, 2.05) is 6.92 Å². The van der Waals surface area contributed by atoms with Crippen LogP contribution in [0.2, 0.25) is 0 Å². The lowest BCUT2D eigenvalue weighted by molar-refractivity contribution is -0.264. The molecule has 4 aliphatic rings. The fraction of sp³-hybridized carbons (Fsp3) is 0.929. The van der Waals surface area contributed by atoms with E-state index in [1.165, 1.54) is 0 Å². The summed E-state index contributed by atoms with van der Waals surface area (Å²) in [5, 5.41) is 66.0. The first-order valence-electron chi connectivity index (χ1n) is 13.5. The molecule has 0 saturated heterocycles. The van der Waals surface area contributed by atoms with Gasteiger partial charge in [-0.2, -0.15) is 0 Å². The third-order valence-corrected chi connectivity index (χ3v) is 11.3. The molecule has 3 unspecified atom stereocenters. The smallest absolute Gasteiger partial charge is 0.0863 e. The fourth-order valence-corrected chi connectivity index (χ4v) is 9.48. The van der Waals surface area contributed by atoms with Crippen LogP contribution in [0.4, 0.5) is 0 Å². The lowest BCUT2D eigenvalue weighted by Gasteiger charge is -2.65. The number of hydrogen-bond donors (Lipinski definition) is 6. The Morgan fingerprint density at radius 2 is 1.65 bits per heavy atom. The zero-order chi connectivity index (χ0) is 25.2. The second-order valence-electron chi connectivity index (χ2n) is 13.1. The molecule has 0 aliphatic heterocycles. The van der Waals surface area contributed by atoms with Gasteiger partial charge in [0.2, 0.25) is 0 Å². The highest BCUT2D eigenvalue weighted by Crippen LogP contribution is 2.69. The minimum atomic E-state index is -1.25. The van der Waals surface area contributed by atoms with E-state index in [1.54, 1.807) is 0 Å². The monoisotopic (exact) mass is 480 g/mol. The van der Waals surface area contributed by atoms with E-state index in [0.29, 0.717) is 12.8 Å². The van der Waals surface area contributed by atoms with Gasteiger partial charge in [0.05, 0.1) is 30.0 Å². The molecular formula is C28H48O6. The molecule has 196 valence electrons. The lowest BCUT2D eigenvalue weighted by atomic mass is 9.42. The summed E-state index contributed by atoms with van der Waals surface area (Å²) in [6.45, 7) is 12.6. The standard InChI is InChI=1S/C28H48O6/c1-15(17(3)14-29)6-7-16(2)22-23(32)24(33)25-27(22,5)11-9-21-26(4)10-8-18(30)12-19(26)20(31)13-28(21,25)34/h16-25,29-34H,1,6-14H2,2-5H3/t16-,17+,18+,19?,20-,21?,22+,23-,24+,25?,26+,27-,28+/m1/s1. The van der Waals surface area contributed by atoms with Gasteiger partial charge in [-0.25, -0.2) is 0 Å². The molecule has 4 rings (SSSR count). The van der Waals surface area contributed by atoms with Crippen molar-refractivity contribution in [2.45, 2.75) is 109 Å². The van der Waals surface area contributed by atoms with Gasteiger partial charge in [0.15, 0.2) is 0 Å². The maximum atomic E-state index is 12.3. The predicted molar refractivity (Wildman–Crippen MR) is 131 cm³/mol. The summed E-state index contributed by atoms with van der Waals surface area (Å²) in [6.07, 6.45) is 2.29. The zero-order valence-corrected chi connectivity index (χ0v) is 21.5. The van der Waals surface area contributed by atoms with Gasteiger partial charge >= 0.3 is 0 Å². The number of aliphatic hydroxyl groups is 6. The Bertz CT molecular complexity index is 772. The Morgan fingerprint density at radius 3 is 2.29 bits per heavy atom. The molecule has 34 heavy (non-hydrogen) atoms. The van der Waals surface area contributed by atoms with Gasteiger partial charge < -0.3 is 30.6 Å². The molecule has 4 aliphatic carbocycles. The Labute approximate surface area is 205 Å². The van der Waals surface area contributed by atoms with Crippen LogP contribution in [0.1, 0.15) is 79.1 Å². The normalized spacial score (nSPS) is 52.3. The first-order valence-corrected chi connectivity index (χ1v) is 13.5. The van der Waals surface area contributed by atoms with Crippen LogP contribution >= 0.6 is 0 Å². The van der Waals surface area contributed by atoms with Crippen molar-refractivity contribution >= 4 is 0 Å². The molecule has 6 heteroatoms. The molecule has 0 aromatic rings. The van der Waals surface area contributed by atoms with Crippen molar-refractivity contribution in [2.75, 3.05) is 6.61 Å². The Morgan fingerprint density at radius 1 is 1.00 bits per heavy atom. The number of rotatable bonds is 6. The van der Waals surface area contributed by atoms with Crippen molar-refractivity contribution in [1.82, 2.24) is 0 Å². The molecule has 6 nitrogen and oxygen atoms in total. The minimum Gasteiger partial charge on any atom is -0.396 e. The Balaban J connectivity index is 1.62. The quantitative estimate of drug-likeness (QED) is 0.325. The highest BCUT2D eigenvalue weighted by atomic mass is 16.3. The largest absolute Gasteiger partial charge is 0.396 e. The Hall–Kier alpha value is -0.500. The highest BCUT2D eigenvalue weighted by molar-refractivity contribution is 5.21. The Kier molecular flexibility index (Phi) is 7.12. The molecule has 0 amide bonds. The van der Waals surface area contributed by atoms with Crippen molar-refractivity contribution < 1.29 is 30.6 Å². The number of fused-ring (bicyclic) bond motifs is 5. The summed E-state index contributed by atoms with van der Waals surface area (Å²) in [7, 11) is 0. The SMILES string of the molecule is C=C(CC[C@@H](C)[C@H]1[C@@H](O)[C@H](O)C2[C@]3(O)C[C@@H](O)C4C[C@@H](O)CC[C@]4(C)C3CC[C@@]21C)[C@@H](C)CO. The molecule has 0 aromatic heterocycles. The van der Waals surface area contributed by atoms with Crippen LogP contribution in [0.3, 0.4) is 0 Å². The maximum Gasteiger partial charge on any atom is 0.0863 e. The summed E-state index contributed by atoms with van der Waals surface area (Å²) in [4.78, 5) is 0. The van der Waals surface area contributed by atoms with Gasteiger partial charge in [0.1, 0.15) is 0 Å². The van der Waals surface area contributed by atoms with Crippen molar-refractivity contribution in [2.24, 2.45) is 46.3 Å². The molecular weight excluding hydrogens is 432 g/mol. The molecule has 0 spiro atoms. The van der Waals surface area contributed by atoms with Crippen molar-refractivity contribution in [3.05, 3.63) is 12.2 Å². The van der Waals surface area contributed by atoms with E-state index >= 15 is 0 Å². The van der Waals surface area contributed by atoms with Gasteiger partial charge in [-0.3, -0.25) is 0 Å². The first-order chi connectivity index (χ1) is 15.8. The van der Waals surface area contributed by atoms with E-state index in [-0.39, 0.29) is 48.0 Å². The maximum absolute atomic E-state index is 12.3. The second kappa shape index (κ2) is 9.11. The molecule has 13 atom stereocenters. The third-order valence-electron chi connectivity index (χ3n) is 11.3. The van der Waals surface area contributed by atoms with E-state index in [0.717, 1.165) is 37.7 Å². The molecule has 4 saturated carbocycles. The van der Waals surface area contributed by atoms with Crippen LogP contribution in [-0.4, -0.2) is 67.3 Å². The van der Waals surface area contributed by atoms with Crippen molar-refractivity contribution in [3.63, 3.8) is 0 Å². The summed E-state index contributed by atoms with van der Waals surface area (Å²) in [5.41, 5.74) is -0.978. The molecule has 0 aromatic carbocycles. The fourth-order valence-electron chi connectivity index (χ4n) is 9.48. The molecule has 0 bridgehead atoms. The van der Waals surface area contributed by atoms with Gasteiger partial charge in [-0.05, 0) is 85.4 Å². The first kappa shape index (κ1) is 26.6. The summed E-state index contributed by atoms with van der Waals surface area (Å²) in [5.74, 6) is -0.629. The van der Waals surface area contributed by atoms with Crippen molar-refractivity contribution in [3.8, 4) is 0 Å². The van der Waals surface area contributed by atoms with Crippen LogP contribution in [0.15, 0.2) is 12.2 Å². The summed E-state index contributed by atoms with van der Waals surface area (Å²) >= 11 is 0. The third kappa shape index (κ3) is 3.83. The van der Waals surface area contributed by atoms with Gasteiger partial charge in [-0.15, -0.1) is 0 Å². The number of aliphatic hydroxyl groups excluding tert-OH is 5. The van der Waals surface area contributed by atoms with Gasteiger partial charge in [-0.1, -0.05) is 39.8 Å². The van der Waals surface area contributed by atoms with E-state index < -0.39 is 41.3 Å². The zero-order valence-electron chi connectivity index (χ0n) is 21.5. The molecule has 4 fully saturated rings. The lowest BCUT2D eigenvalue weighted by Crippen LogP contribution is -2.68. The van der Waals surface area contributed by atoms with Crippen LogP contribution < -0.4 is 0 Å². The van der Waals surface area contributed by atoms with E-state index in [2.05, 4.69) is 27.4 Å². The van der Waals surface area contributed by atoms with Crippen LogP contribution in [0.25, 0.3) is 0 Å². The van der Waals surface area contributed by atoms with Crippen molar-refractivity contribution in [1.29, 1.82) is 0 Å². The topological polar surface area (TPSA) is 121 Å². The van der Waals surface area contributed by atoms with Gasteiger partial charge in [0, 0.05) is 18.9 Å². The van der Waals surface area contributed by atoms with E-state index in [9.17, 15) is 30.6 Å². The van der Waals surface area contributed by atoms with Crippen LogP contribution in [-0.2, 0) is 0 Å².